The Balaban J connectivity index is 3.03. The summed E-state index contributed by atoms with van der Waals surface area (Å²) < 4.78 is 23.9. The molecule has 0 unspecified atom stereocenters. The fourth-order valence-electron chi connectivity index (χ4n) is 0.937. The largest absolute Gasteiger partial charge is 0.251 e. The minimum absolute atomic E-state index is 0.125. The normalized spacial score (nSPS) is 11.3. The molecule has 1 aromatic rings. The molecular weight excluding hydrogens is 190 g/mol. The third kappa shape index (κ3) is 3.37. The molecule has 0 aliphatic rings. The van der Waals surface area contributed by atoms with Crippen molar-refractivity contribution in [2.24, 2.45) is 0 Å². The van der Waals surface area contributed by atoms with E-state index >= 15 is 0 Å². The summed E-state index contributed by atoms with van der Waals surface area (Å²) in [7, 11) is -3.29. The van der Waals surface area contributed by atoms with Crippen LogP contribution in [0.2, 0.25) is 0 Å². The molecule has 1 rings (SSSR count). The maximum absolute atomic E-state index is 10.8. The van der Waals surface area contributed by atoms with Crippen molar-refractivity contribution in [3.63, 3.8) is 0 Å². The second-order valence-electron chi connectivity index (χ2n) is 2.85. The van der Waals surface area contributed by atoms with Crippen molar-refractivity contribution < 1.29 is 8.42 Å². The maximum atomic E-state index is 10.8. The third-order valence-electron chi connectivity index (χ3n) is 1.26. The molecule has 0 aliphatic carbocycles. The zero-order valence-electron chi connectivity index (χ0n) is 7.70. The number of hydrogen-bond acceptors (Lipinski definition) is 4. The first-order chi connectivity index (χ1) is 5.87. The van der Waals surface area contributed by atoms with E-state index < -0.39 is 10.0 Å². The molecule has 1 N–H and O–H groups in total. The molecule has 0 radical (unpaired) electrons. The molecule has 0 saturated heterocycles. The van der Waals surface area contributed by atoms with Gasteiger partial charge in [0, 0.05) is 11.4 Å². The lowest BCUT2D eigenvalue weighted by atomic mass is 10.4. The lowest BCUT2D eigenvalue weighted by molar-refractivity contribution is 0.606. The highest BCUT2D eigenvalue weighted by atomic mass is 32.2. The number of rotatable bonds is 2. The van der Waals surface area contributed by atoms with E-state index in [-0.39, 0.29) is 5.95 Å². The molecule has 72 valence electrons. The molecule has 0 atom stereocenters. The average Bonchev–Trinajstić information content (AvgIpc) is 1.78. The fourth-order valence-corrected chi connectivity index (χ4v) is 1.36. The van der Waals surface area contributed by atoms with Gasteiger partial charge >= 0.3 is 0 Å². The molecule has 0 spiro atoms. The monoisotopic (exact) mass is 201 g/mol. The predicted octanol–water partition coefficient (Wildman–Crippen LogP) is 0.465. The van der Waals surface area contributed by atoms with Gasteiger partial charge in [-0.3, -0.25) is 4.72 Å². The fraction of sp³-hybridized carbons (Fsp3) is 0.429. The van der Waals surface area contributed by atoms with Crippen LogP contribution >= 0.6 is 0 Å². The van der Waals surface area contributed by atoms with Crippen LogP contribution in [0.15, 0.2) is 6.07 Å². The van der Waals surface area contributed by atoms with Crippen molar-refractivity contribution in [3.8, 4) is 0 Å². The Morgan fingerprint density at radius 2 is 1.69 bits per heavy atom. The van der Waals surface area contributed by atoms with Gasteiger partial charge in [-0.15, -0.1) is 0 Å². The van der Waals surface area contributed by atoms with Crippen molar-refractivity contribution in [1.82, 2.24) is 9.97 Å². The van der Waals surface area contributed by atoms with E-state index in [4.69, 9.17) is 0 Å². The number of anilines is 1. The lowest BCUT2D eigenvalue weighted by Gasteiger charge is -2.03. The molecule has 0 bridgehead atoms. The summed E-state index contributed by atoms with van der Waals surface area (Å²) in [5.74, 6) is 0.125. The molecule has 0 saturated carbocycles. The van der Waals surface area contributed by atoms with Gasteiger partial charge in [0.25, 0.3) is 0 Å². The minimum Gasteiger partial charge on any atom is -0.251 e. The molecule has 0 amide bonds. The van der Waals surface area contributed by atoms with Crippen LogP contribution in [-0.2, 0) is 10.0 Å². The van der Waals surface area contributed by atoms with Gasteiger partial charge in [-0.05, 0) is 19.9 Å². The first kappa shape index (κ1) is 9.91. The van der Waals surface area contributed by atoms with Crippen molar-refractivity contribution in [1.29, 1.82) is 0 Å². The summed E-state index contributed by atoms with van der Waals surface area (Å²) in [4.78, 5) is 7.84. The molecule has 0 fully saturated rings. The van der Waals surface area contributed by atoms with Gasteiger partial charge in [0.2, 0.25) is 16.0 Å². The Bertz CT molecular complexity index is 393. The highest BCUT2D eigenvalue weighted by molar-refractivity contribution is 7.91. The second-order valence-corrected chi connectivity index (χ2v) is 4.60. The number of sulfonamides is 1. The Kier molecular flexibility index (Phi) is 2.51. The molecule has 6 heteroatoms. The van der Waals surface area contributed by atoms with Crippen molar-refractivity contribution in [2.45, 2.75) is 13.8 Å². The lowest BCUT2D eigenvalue weighted by Crippen LogP contribution is -2.13. The van der Waals surface area contributed by atoms with E-state index in [1.807, 2.05) is 0 Å². The van der Waals surface area contributed by atoms with E-state index in [1.165, 1.54) is 0 Å². The van der Waals surface area contributed by atoms with E-state index in [0.29, 0.717) is 0 Å². The first-order valence-corrected chi connectivity index (χ1v) is 5.56. The SMILES string of the molecule is Cc1cc(C)nc(NS(C)(=O)=O)n1. The number of nitrogens with one attached hydrogen (secondary N) is 1. The number of hydrogen-bond donors (Lipinski definition) is 1. The van der Waals surface area contributed by atoms with Gasteiger partial charge in [-0.25, -0.2) is 18.4 Å². The minimum atomic E-state index is -3.29. The van der Waals surface area contributed by atoms with Gasteiger partial charge in [0.05, 0.1) is 6.26 Å². The maximum Gasteiger partial charge on any atom is 0.236 e. The number of aromatic nitrogens is 2. The van der Waals surface area contributed by atoms with Gasteiger partial charge in [-0.2, -0.15) is 0 Å². The molecule has 0 aromatic carbocycles. The topological polar surface area (TPSA) is 72.0 Å². The molecule has 1 aromatic heterocycles. The van der Waals surface area contributed by atoms with Crippen LogP contribution < -0.4 is 4.72 Å². The summed E-state index contributed by atoms with van der Waals surface area (Å²) in [5, 5.41) is 0. The smallest absolute Gasteiger partial charge is 0.236 e. The highest BCUT2D eigenvalue weighted by Gasteiger charge is 2.04. The van der Waals surface area contributed by atoms with Gasteiger partial charge in [-0.1, -0.05) is 0 Å². The predicted molar refractivity (Wildman–Crippen MR) is 50.0 cm³/mol. The molecule has 13 heavy (non-hydrogen) atoms. The third-order valence-corrected chi connectivity index (χ3v) is 1.81. The van der Waals surface area contributed by atoms with E-state index in [0.717, 1.165) is 17.6 Å². The van der Waals surface area contributed by atoms with E-state index in [2.05, 4.69) is 14.7 Å². The molecule has 5 nitrogen and oxygen atoms in total. The Morgan fingerprint density at radius 3 is 2.08 bits per heavy atom. The first-order valence-electron chi connectivity index (χ1n) is 3.67. The van der Waals surface area contributed by atoms with E-state index in [1.54, 1.807) is 19.9 Å². The van der Waals surface area contributed by atoms with Crippen LogP contribution in [0, 0.1) is 13.8 Å². The van der Waals surface area contributed by atoms with Crippen LogP contribution in [-0.4, -0.2) is 24.6 Å². The Hall–Kier alpha value is -1.17. The summed E-state index contributed by atoms with van der Waals surface area (Å²) in [5.41, 5.74) is 1.47. The molecular formula is C7H11N3O2S. The quantitative estimate of drug-likeness (QED) is 0.754. The van der Waals surface area contributed by atoms with E-state index in [9.17, 15) is 8.42 Å². The summed E-state index contributed by atoms with van der Waals surface area (Å²) >= 11 is 0. The van der Waals surface area contributed by atoms with Crippen molar-refractivity contribution >= 4 is 16.0 Å². The number of aryl methyl sites for hydroxylation is 2. The molecule has 1 heterocycles. The zero-order valence-corrected chi connectivity index (χ0v) is 8.51. The van der Waals surface area contributed by atoms with Crippen LogP contribution in [0.4, 0.5) is 5.95 Å². The van der Waals surface area contributed by atoms with Crippen molar-refractivity contribution in [2.75, 3.05) is 11.0 Å². The number of nitrogens with zero attached hydrogens (tertiary/aromatic N) is 2. The average molecular weight is 201 g/mol. The van der Waals surface area contributed by atoms with Gasteiger partial charge in [0.1, 0.15) is 0 Å². The summed E-state index contributed by atoms with van der Waals surface area (Å²) in [6.45, 7) is 3.56. The van der Waals surface area contributed by atoms with Crippen LogP contribution in [0.5, 0.6) is 0 Å². The van der Waals surface area contributed by atoms with Gasteiger partial charge in [0.15, 0.2) is 0 Å². The van der Waals surface area contributed by atoms with Crippen LogP contribution in [0.3, 0.4) is 0 Å². The Labute approximate surface area is 77.3 Å². The highest BCUT2D eigenvalue weighted by Crippen LogP contribution is 2.04. The molecule has 0 aliphatic heterocycles. The zero-order chi connectivity index (χ0) is 10.1. The summed E-state index contributed by atoms with van der Waals surface area (Å²) in [6.07, 6.45) is 1.06. The summed E-state index contributed by atoms with van der Waals surface area (Å²) in [6, 6.07) is 1.77. The Morgan fingerprint density at radius 1 is 1.23 bits per heavy atom. The second kappa shape index (κ2) is 3.29. The van der Waals surface area contributed by atoms with Gasteiger partial charge < -0.3 is 0 Å². The van der Waals surface area contributed by atoms with Crippen LogP contribution in [0.1, 0.15) is 11.4 Å². The van der Waals surface area contributed by atoms with Crippen molar-refractivity contribution in [3.05, 3.63) is 17.5 Å². The standard InChI is InChI=1S/C7H11N3O2S/c1-5-4-6(2)9-7(8-5)10-13(3,11)12/h4H,1-3H3,(H,8,9,10). The van der Waals surface area contributed by atoms with Crippen LogP contribution in [0.25, 0.3) is 0 Å².